The normalized spacial score (nSPS) is 11.5. The molecule has 0 fully saturated rings. The van der Waals surface area contributed by atoms with Crippen LogP contribution in [0.3, 0.4) is 0 Å². The summed E-state index contributed by atoms with van der Waals surface area (Å²) in [6, 6.07) is 1.57. The van der Waals surface area contributed by atoms with Crippen LogP contribution in [0.25, 0.3) is 0 Å². The first-order chi connectivity index (χ1) is 8.36. The van der Waals surface area contributed by atoms with E-state index in [-0.39, 0.29) is 23.8 Å². The predicted molar refractivity (Wildman–Crippen MR) is 73.2 cm³/mol. The van der Waals surface area contributed by atoms with E-state index in [1.54, 1.807) is 13.0 Å². The Balaban J connectivity index is 2.56. The highest BCUT2D eigenvalue weighted by molar-refractivity contribution is 9.11. The minimum atomic E-state index is -3.50. The first-order valence-electron chi connectivity index (χ1n) is 5.19. The molecule has 0 aliphatic rings. The van der Waals surface area contributed by atoms with E-state index in [1.165, 1.54) is 18.4 Å². The molecule has 0 amide bonds. The maximum Gasteiger partial charge on any atom is 0.305 e. The highest BCUT2D eigenvalue weighted by Gasteiger charge is 2.18. The van der Waals surface area contributed by atoms with Gasteiger partial charge in [-0.05, 0) is 35.3 Å². The van der Waals surface area contributed by atoms with Gasteiger partial charge in [0.15, 0.2) is 0 Å². The molecular weight excluding hydrogens is 342 g/mol. The summed E-state index contributed by atoms with van der Waals surface area (Å²) in [7, 11) is -2.19. The lowest BCUT2D eigenvalue weighted by Gasteiger charge is -2.05. The van der Waals surface area contributed by atoms with Gasteiger partial charge in [0.1, 0.15) is 0 Å². The molecule has 0 bridgehead atoms. The number of halogens is 1. The fourth-order valence-corrected chi connectivity index (χ4v) is 4.80. The third-order valence-corrected chi connectivity index (χ3v) is 5.48. The zero-order valence-electron chi connectivity index (χ0n) is 10.0. The van der Waals surface area contributed by atoms with E-state index in [1.807, 2.05) is 0 Å². The average Bonchev–Trinajstić information content (AvgIpc) is 2.64. The Morgan fingerprint density at radius 1 is 1.56 bits per heavy atom. The predicted octanol–water partition coefficient (Wildman–Crippen LogP) is 2.05. The molecule has 0 radical (unpaired) electrons. The molecule has 0 saturated heterocycles. The molecule has 0 saturated carbocycles. The molecule has 5 nitrogen and oxygen atoms in total. The number of thiophene rings is 1. The van der Waals surface area contributed by atoms with Gasteiger partial charge in [0.25, 0.3) is 0 Å². The Morgan fingerprint density at radius 3 is 2.72 bits per heavy atom. The summed E-state index contributed by atoms with van der Waals surface area (Å²) in [4.78, 5) is 11.9. The van der Waals surface area contributed by atoms with Crippen LogP contribution < -0.4 is 4.72 Å². The SMILES string of the molecule is COC(=O)CCCNS(=O)(=O)c1cc(Br)sc1C. The molecular formula is C10H14BrNO4S2. The molecule has 18 heavy (non-hydrogen) atoms. The topological polar surface area (TPSA) is 72.5 Å². The molecule has 0 aliphatic carbocycles. The van der Waals surface area contributed by atoms with Crippen LogP contribution in [0.1, 0.15) is 17.7 Å². The third-order valence-electron chi connectivity index (χ3n) is 2.21. The number of esters is 1. The third kappa shape index (κ3) is 4.34. The smallest absolute Gasteiger partial charge is 0.305 e. The lowest BCUT2D eigenvalue weighted by atomic mass is 10.3. The lowest BCUT2D eigenvalue weighted by Crippen LogP contribution is -2.25. The van der Waals surface area contributed by atoms with E-state index < -0.39 is 10.0 Å². The second kappa shape index (κ2) is 6.65. The fourth-order valence-electron chi connectivity index (χ4n) is 1.32. The van der Waals surface area contributed by atoms with E-state index in [0.717, 1.165) is 8.66 Å². The molecule has 0 aliphatic heterocycles. The number of hydrogen-bond acceptors (Lipinski definition) is 5. The van der Waals surface area contributed by atoms with Gasteiger partial charge in [-0.1, -0.05) is 0 Å². The van der Waals surface area contributed by atoms with E-state index in [9.17, 15) is 13.2 Å². The molecule has 1 aromatic heterocycles. The summed E-state index contributed by atoms with van der Waals surface area (Å²) < 4.78 is 31.6. The van der Waals surface area contributed by atoms with Crippen LogP contribution >= 0.6 is 27.3 Å². The van der Waals surface area contributed by atoms with Crippen LogP contribution in [-0.4, -0.2) is 28.0 Å². The Labute approximate surface area is 119 Å². The number of ether oxygens (including phenoxy) is 1. The van der Waals surface area contributed by atoms with Gasteiger partial charge in [-0.3, -0.25) is 4.79 Å². The van der Waals surface area contributed by atoms with Gasteiger partial charge >= 0.3 is 5.97 Å². The summed E-state index contributed by atoms with van der Waals surface area (Å²) in [6.45, 7) is 1.96. The molecule has 0 unspecified atom stereocenters. The van der Waals surface area contributed by atoms with E-state index in [4.69, 9.17) is 0 Å². The Kier molecular flexibility index (Phi) is 5.77. The maximum atomic E-state index is 11.9. The van der Waals surface area contributed by atoms with Crippen molar-refractivity contribution >= 4 is 43.3 Å². The van der Waals surface area contributed by atoms with Crippen LogP contribution in [0, 0.1) is 6.92 Å². The summed E-state index contributed by atoms with van der Waals surface area (Å²) in [5.41, 5.74) is 0. The molecule has 1 aromatic rings. The summed E-state index contributed by atoms with van der Waals surface area (Å²) >= 11 is 4.62. The van der Waals surface area contributed by atoms with Crippen molar-refractivity contribution in [2.24, 2.45) is 0 Å². The molecule has 8 heteroatoms. The van der Waals surface area contributed by atoms with Crippen molar-refractivity contribution in [2.75, 3.05) is 13.7 Å². The van der Waals surface area contributed by atoms with E-state index >= 15 is 0 Å². The van der Waals surface area contributed by atoms with Gasteiger partial charge in [-0.2, -0.15) is 0 Å². The van der Waals surface area contributed by atoms with Crippen LogP contribution in [0.15, 0.2) is 14.7 Å². The molecule has 0 spiro atoms. The second-order valence-corrected chi connectivity index (χ2v) is 7.92. The minimum absolute atomic E-state index is 0.200. The van der Waals surface area contributed by atoms with E-state index in [2.05, 4.69) is 25.4 Å². The molecule has 0 aromatic carbocycles. The summed E-state index contributed by atoms with van der Waals surface area (Å²) in [5, 5.41) is 0. The number of methoxy groups -OCH3 is 1. The number of sulfonamides is 1. The highest BCUT2D eigenvalue weighted by Crippen LogP contribution is 2.29. The summed E-state index contributed by atoms with van der Waals surface area (Å²) in [5.74, 6) is -0.344. The van der Waals surface area contributed by atoms with Gasteiger partial charge in [0, 0.05) is 17.8 Å². The molecule has 1 heterocycles. The molecule has 1 rings (SSSR count). The molecule has 0 atom stereocenters. The van der Waals surface area contributed by atoms with Gasteiger partial charge in [-0.15, -0.1) is 11.3 Å². The number of nitrogens with one attached hydrogen (secondary N) is 1. The number of carbonyl (C=O) groups excluding carboxylic acids is 1. The number of aryl methyl sites for hydroxylation is 1. The summed E-state index contributed by atoms with van der Waals surface area (Å²) in [6.07, 6.45) is 0.613. The zero-order valence-corrected chi connectivity index (χ0v) is 13.2. The quantitative estimate of drug-likeness (QED) is 0.626. The minimum Gasteiger partial charge on any atom is -0.469 e. The van der Waals surface area contributed by atoms with Crippen molar-refractivity contribution < 1.29 is 17.9 Å². The lowest BCUT2D eigenvalue weighted by molar-refractivity contribution is -0.140. The fraction of sp³-hybridized carbons (Fsp3) is 0.500. The van der Waals surface area contributed by atoms with Crippen LogP contribution in [-0.2, 0) is 19.6 Å². The molecule has 102 valence electrons. The average molecular weight is 356 g/mol. The Bertz CT molecular complexity index is 524. The van der Waals surface area contributed by atoms with Crippen molar-refractivity contribution in [2.45, 2.75) is 24.7 Å². The Hall–Kier alpha value is -0.440. The maximum absolute atomic E-state index is 11.9. The van der Waals surface area contributed by atoms with Gasteiger partial charge in [0.2, 0.25) is 10.0 Å². The van der Waals surface area contributed by atoms with Crippen molar-refractivity contribution in [1.29, 1.82) is 0 Å². The van der Waals surface area contributed by atoms with Crippen molar-refractivity contribution in [3.63, 3.8) is 0 Å². The first kappa shape index (κ1) is 15.6. The Morgan fingerprint density at radius 2 is 2.22 bits per heavy atom. The number of rotatable bonds is 6. The van der Waals surface area contributed by atoms with Gasteiger partial charge in [-0.25, -0.2) is 13.1 Å². The first-order valence-corrected chi connectivity index (χ1v) is 8.28. The zero-order chi connectivity index (χ0) is 13.8. The standard InChI is InChI=1S/C10H14BrNO4S2/c1-7-8(6-9(11)17-7)18(14,15)12-5-3-4-10(13)16-2/h6,12H,3-5H2,1-2H3. The number of hydrogen-bond donors (Lipinski definition) is 1. The van der Waals surface area contributed by atoms with Crippen LogP contribution in [0.2, 0.25) is 0 Å². The largest absolute Gasteiger partial charge is 0.469 e. The highest BCUT2D eigenvalue weighted by atomic mass is 79.9. The van der Waals surface area contributed by atoms with Gasteiger partial charge in [0.05, 0.1) is 15.8 Å². The van der Waals surface area contributed by atoms with Crippen molar-refractivity contribution in [3.05, 3.63) is 14.7 Å². The van der Waals surface area contributed by atoms with E-state index in [0.29, 0.717) is 6.42 Å². The second-order valence-electron chi connectivity index (χ2n) is 3.55. The monoisotopic (exact) mass is 355 g/mol. The van der Waals surface area contributed by atoms with Gasteiger partial charge < -0.3 is 4.74 Å². The molecule has 1 N–H and O–H groups in total. The van der Waals surface area contributed by atoms with Crippen LogP contribution in [0.5, 0.6) is 0 Å². The van der Waals surface area contributed by atoms with Crippen molar-refractivity contribution in [3.8, 4) is 0 Å². The van der Waals surface area contributed by atoms with Crippen molar-refractivity contribution in [1.82, 2.24) is 4.72 Å². The van der Waals surface area contributed by atoms with Crippen LogP contribution in [0.4, 0.5) is 0 Å². The number of carbonyl (C=O) groups is 1.